The third-order valence-corrected chi connectivity index (χ3v) is 7.65. The molecule has 204 valence electrons. The fourth-order valence-corrected chi connectivity index (χ4v) is 5.41. The maximum absolute atomic E-state index is 6.60. The zero-order valence-electron chi connectivity index (χ0n) is 24.2. The standard InChI is InChI=1S/C36H32N2O3/c1-35(2,3)23-19-26(22-17-29-33-30(18-22)40-28-14-10-13-27(39-29)32(28)33)37-31(20-23)41-34-24(36(4,5)6)15-16-25(38-34)21-11-8-7-9-12-21/h7-20H,1-6H3. The zero-order chi connectivity index (χ0) is 28.5. The molecule has 4 heterocycles. The fraction of sp³-hybridized carbons (Fsp3) is 0.222. The van der Waals surface area contributed by atoms with Crippen molar-refractivity contribution >= 4 is 33.1 Å². The van der Waals surface area contributed by atoms with Gasteiger partial charge < -0.3 is 13.6 Å². The van der Waals surface area contributed by atoms with Gasteiger partial charge in [0.1, 0.15) is 22.3 Å². The highest BCUT2D eigenvalue weighted by Crippen LogP contribution is 2.42. The van der Waals surface area contributed by atoms with Gasteiger partial charge in [-0.3, -0.25) is 0 Å². The van der Waals surface area contributed by atoms with Gasteiger partial charge in [-0.25, -0.2) is 9.97 Å². The van der Waals surface area contributed by atoms with Gasteiger partial charge in [-0.2, -0.15) is 0 Å². The molecule has 0 N–H and O–H groups in total. The summed E-state index contributed by atoms with van der Waals surface area (Å²) in [6.45, 7) is 13.1. The van der Waals surface area contributed by atoms with Crippen LogP contribution in [0.1, 0.15) is 52.7 Å². The summed E-state index contributed by atoms with van der Waals surface area (Å²) in [5, 5.41) is 2.04. The van der Waals surface area contributed by atoms with Crippen LogP contribution in [0.15, 0.2) is 93.8 Å². The van der Waals surface area contributed by atoms with Gasteiger partial charge in [-0.05, 0) is 52.8 Å². The van der Waals surface area contributed by atoms with E-state index in [1.165, 1.54) is 0 Å². The van der Waals surface area contributed by atoms with E-state index in [4.69, 9.17) is 23.5 Å². The minimum Gasteiger partial charge on any atom is -0.456 e. The maximum Gasteiger partial charge on any atom is 0.225 e. The van der Waals surface area contributed by atoms with Gasteiger partial charge in [0.25, 0.3) is 0 Å². The average molecular weight is 541 g/mol. The van der Waals surface area contributed by atoms with Gasteiger partial charge >= 0.3 is 0 Å². The monoisotopic (exact) mass is 540 g/mol. The van der Waals surface area contributed by atoms with Crippen LogP contribution < -0.4 is 4.74 Å². The van der Waals surface area contributed by atoms with Crippen LogP contribution in [0, 0.1) is 0 Å². The van der Waals surface area contributed by atoms with E-state index in [1.807, 2.05) is 54.6 Å². The van der Waals surface area contributed by atoms with Crippen molar-refractivity contribution in [2.75, 3.05) is 0 Å². The number of rotatable bonds is 4. The van der Waals surface area contributed by atoms with Crippen LogP contribution in [0.2, 0.25) is 0 Å². The van der Waals surface area contributed by atoms with Crippen molar-refractivity contribution in [3.8, 4) is 34.3 Å². The first kappa shape index (κ1) is 25.3. The Morgan fingerprint density at radius 2 is 1.22 bits per heavy atom. The summed E-state index contributed by atoms with van der Waals surface area (Å²) in [6, 6.07) is 28.5. The van der Waals surface area contributed by atoms with E-state index in [1.54, 1.807) is 0 Å². The van der Waals surface area contributed by atoms with Crippen LogP contribution in [0.5, 0.6) is 11.8 Å². The Bertz CT molecular complexity index is 1980. The molecule has 0 aliphatic carbocycles. The molecule has 0 saturated heterocycles. The summed E-state index contributed by atoms with van der Waals surface area (Å²) < 4.78 is 19.0. The van der Waals surface area contributed by atoms with Crippen molar-refractivity contribution in [2.45, 2.75) is 52.4 Å². The molecule has 41 heavy (non-hydrogen) atoms. The molecule has 3 aromatic carbocycles. The Balaban J connectivity index is 1.38. The third-order valence-electron chi connectivity index (χ3n) is 7.65. The quantitative estimate of drug-likeness (QED) is 0.222. The summed E-state index contributed by atoms with van der Waals surface area (Å²) >= 11 is 0. The van der Waals surface area contributed by atoms with Gasteiger partial charge in [-0.15, -0.1) is 0 Å². The molecule has 0 spiro atoms. The van der Waals surface area contributed by atoms with E-state index in [9.17, 15) is 0 Å². The molecule has 7 rings (SSSR count). The number of pyridine rings is 2. The number of nitrogens with zero attached hydrogens (tertiary/aromatic N) is 2. The number of hydrogen-bond donors (Lipinski definition) is 0. The summed E-state index contributed by atoms with van der Waals surface area (Å²) in [7, 11) is 0. The van der Waals surface area contributed by atoms with Crippen molar-refractivity contribution in [1.82, 2.24) is 9.97 Å². The summed E-state index contributed by atoms with van der Waals surface area (Å²) in [5.41, 5.74) is 8.63. The van der Waals surface area contributed by atoms with Gasteiger partial charge in [0.15, 0.2) is 0 Å². The number of benzene rings is 3. The smallest absolute Gasteiger partial charge is 0.225 e. The number of furan rings is 2. The van der Waals surface area contributed by atoms with E-state index in [2.05, 4.69) is 71.9 Å². The lowest BCUT2D eigenvalue weighted by atomic mass is 9.86. The molecule has 0 amide bonds. The van der Waals surface area contributed by atoms with Crippen LogP contribution in [-0.2, 0) is 10.8 Å². The maximum atomic E-state index is 6.60. The molecule has 5 nitrogen and oxygen atoms in total. The van der Waals surface area contributed by atoms with Crippen molar-refractivity contribution < 1.29 is 13.6 Å². The zero-order valence-corrected chi connectivity index (χ0v) is 24.2. The first-order valence-electron chi connectivity index (χ1n) is 14.0. The molecular formula is C36H32N2O3. The highest BCUT2D eigenvalue weighted by atomic mass is 16.5. The highest BCUT2D eigenvalue weighted by Gasteiger charge is 2.25. The molecule has 0 radical (unpaired) electrons. The normalized spacial score (nSPS) is 12.6. The minimum absolute atomic E-state index is 0.133. The third kappa shape index (κ3) is 4.42. The molecule has 5 heteroatoms. The number of ether oxygens (including phenoxy) is 1. The SMILES string of the molecule is CC(C)(C)c1cc(Oc2nc(-c3ccccc3)ccc2C(C)(C)C)nc(-c2cc3oc4cccc5oc(c2)c3c45)c1. The van der Waals surface area contributed by atoms with Gasteiger partial charge in [0, 0.05) is 22.8 Å². The second-order valence-corrected chi connectivity index (χ2v) is 12.8. The first-order valence-corrected chi connectivity index (χ1v) is 14.0. The molecule has 0 saturated carbocycles. The van der Waals surface area contributed by atoms with Crippen LogP contribution in [0.4, 0.5) is 0 Å². The lowest BCUT2D eigenvalue weighted by Gasteiger charge is -2.24. The van der Waals surface area contributed by atoms with E-state index in [-0.39, 0.29) is 10.8 Å². The van der Waals surface area contributed by atoms with Crippen molar-refractivity contribution in [1.29, 1.82) is 0 Å². The Morgan fingerprint density at radius 1 is 0.561 bits per heavy atom. The largest absolute Gasteiger partial charge is 0.456 e. The van der Waals surface area contributed by atoms with Crippen LogP contribution in [0.3, 0.4) is 0 Å². The second kappa shape index (κ2) is 8.93. The predicted octanol–water partition coefficient (Wildman–Crippen LogP) is 10.3. The number of hydrogen-bond acceptors (Lipinski definition) is 5. The number of aromatic nitrogens is 2. The first-order chi connectivity index (χ1) is 19.5. The fourth-order valence-electron chi connectivity index (χ4n) is 5.41. The van der Waals surface area contributed by atoms with Gasteiger partial charge in [-0.1, -0.05) is 84.0 Å². The van der Waals surface area contributed by atoms with E-state index >= 15 is 0 Å². The molecule has 4 aromatic heterocycles. The Labute approximate surface area is 239 Å². The summed E-state index contributed by atoms with van der Waals surface area (Å²) in [5.74, 6) is 1.06. The summed E-state index contributed by atoms with van der Waals surface area (Å²) in [4.78, 5) is 10.0. The Kier molecular flexibility index (Phi) is 5.52. The topological polar surface area (TPSA) is 61.3 Å². The molecule has 0 aliphatic heterocycles. The van der Waals surface area contributed by atoms with E-state index in [0.717, 1.165) is 66.7 Å². The van der Waals surface area contributed by atoms with E-state index < -0.39 is 0 Å². The Hall–Kier alpha value is -4.64. The lowest BCUT2D eigenvalue weighted by Crippen LogP contribution is -2.15. The van der Waals surface area contributed by atoms with E-state index in [0.29, 0.717) is 11.8 Å². The van der Waals surface area contributed by atoms with Crippen molar-refractivity contribution in [3.63, 3.8) is 0 Å². The molecule has 0 fully saturated rings. The molecule has 0 aliphatic rings. The average Bonchev–Trinajstić information content (AvgIpc) is 3.51. The molecule has 0 unspecified atom stereocenters. The molecule has 0 bridgehead atoms. The van der Waals surface area contributed by atoms with Crippen LogP contribution in [-0.4, -0.2) is 9.97 Å². The summed E-state index contributed by atoms with van der Waals surface area (Å²) in [6.07, 6.45) is 0. The van der Waals surface area contributed by atoms with Gasteiger partial charge in [0.05, 0.1) is 22.2 Å². The molecule has 7 aromatic rings. The lowest BCUT2D eigenvalue weighted by molar-refractivity contribution is 0.421. The molecular weight excluding hydrogens is 508 g/mol. The predicted molar refractivity (Wildman–Crippen MR) is 165 cm³/mol. The van der Waals surface area contributed by atoms with Crippen molar-refractivity contribution in [2.24, 2.45) is 0 Å². The second-order valence-electron chi connectivity index (χ2n) is 12.8. The highest BCUT2D eigenvalue weighted by molar-refractivity contribution is 6.20. The Morgan fingerprint density at radius 3 is 1.85 bits per heavy atom. The minimum atomic E-state index is -0.173. The van der Waals surface area contributed by atoms with Crippen molar-refractivity contribution in [3.05, 3.63) is 96.1 Å². The molecule has 0 atom stereocenters. The van der Waals surface area contributed by atoms with Crippen LogP contribution in [0.25, 0.3) is 55.6 Å². The van der Waals surface area contributed by atoms with Gasteiger partial charge in [0.2, 0.25) is 11.8 Å². The van der Waals surface area contributed by atoms with Crippen LogP contribution >= 0.6 is 0 Å².